The van der Waals surface area contributed by atoms with E-state index in [4.69, 9.17) is 37.0 Å². The molecule has 0 aromatic heterocycles. The summed E-state index contributed by atoms with van der Waals surface area (Å²) in [6.45, 7) is 9.61. The van der Waals surface area contributed by atoms with Crippen molar-refractivity contribution in [2.75, 3.05) is 39.6 Å². The molecule has 3 N–H and O–H groups in total. The van der Waals surface area contributed by atoms with Crippen LogP contribution >= 0.6 is 15.6 Å². The number of hydrogen-bond acceptors (Lipinski definition) is 15. The number of aliphatic hydroxyl groups is 1. The molecule has 0 radical (unpaired) electrons. The van der Waals surface area contributed by atoms with Crippen molar-refractivity contribution in [3.05, 3.63) is 0 Å². The zero-order valence-electron chi connectivity index (χ0n) is 60.6. The van der Waals surface area contributed by atoms with E-state index < -0.39 is 97.5 Å². The normalized spacial score (nSPS) is 14.3. The molecule has 0 aromatic carbocycles. The van der Waals surface area contributed by atoms with E-state index in [1.807, 2.05) is 0 Å². The molecule has 0 aliphatic rings. The van der Waals surface area contributed by atoms with Gasteiger partial charge < -0.3 is 33.8 Å². The number of hydrogen-bond donors (Lipinski definition) is 3. The van der Waals surface area contributed by atoms with E-state index in [9.17, 15) is 43.2 Å². The van der Waals surface area contributed by atoms with Gasteiger partial charge in [0.1, 0.15) is 19.3 Å². The van der Waals surface area contributed by atoms with Gasteiger partial charge in [-0.3, -0.25) is 37.3 Å². The number of unbranched alkanes of at least 4 members (excludes halogenated alkanes) is 42. The summed E-state index contributed by atoms with van der Waals surface area (Å²) in [5.41, 5.74) is 0. The fraction of sp³-hybridized carbons (Fsp3) is 0.946. The summed E-state index contributed by atoms with van der Waals surface area (Å²) in [6.07, 6.45) is 52.7. The number of esters is 4. The Labute approximate surface area is 568 Å². The van der Waals surface area contributed by atoms with Crippen molar-refractivity contribution < 1.29 is 80.2 Å². The van der Waals surface area contributed by atoms with E-state index >= 15 is 0 Å². The quantitative estimate of drug-likeness (QED) is 0.0222. The van der Waals surface area contributed by atoms with Crippen molar-refractivity contribution in [1.82, 2.24) is 0 Å². The van der Waals surface area contributed by atoms with Gasteiger partial charge in [-0.15, -0.1) is 0 Å². The van der Waals surface area contributed by atoms with Crippen LogP contribution in [0.2, 0.25) is 0 Å². The molecule has 0 saturated carbocycles. The molecule has 0 spiro atoms. The van der Waals surface area contributed by atoms with Gasteiger partial charge in [-0.2, -0.15) is 0 Å². The molecule has 0 aliphatic heterocycles. The largest absolute Gasteiger partial charge is 0.472 e. The molecule has 93 heavy (non-hydrogen) atoms. The third kappa shape index (κ3) is 67.0. The average Bonchev–Trinajstić information content (AvgIpc) is 1.78. The minimum Gasteiger partial charge on any atom is -0.462 e. The molecule has 0 heterocycles. The third-order valence-corrected chi connectivity index (χ3v) is 19.5. The van der Waals surface area contributed by atoms with Crippen LogP contribution in [0.5, 0.6) is 0 Å². The number of phosphoric acid groups is 2. The first-order valence-electron chi connectivity index (χ1n) is 38.5. The molecule has 3 unspecified atom stereocenters. The zero-order valence-corrected chi connectivity index (χ0v) is 62.3. The lowest BCUT2D eigenvalue weighted by Crippen LogP contribution is -2.30. The highest BCUT2D eigenvalue weighted by molar-refractivity contribution is 7.47. The molecule has 552 valence electrons. The van der Waals surface area contributed by atoms with Crippen molar-refractivity contribution in [3.8, 4) is 0 Å². The predicted octanol–water partition coefficient (Wildman–Crippen LogP) is 21.6. The Morgan fingerprint density at radius 1 is 0.312 bits per heavy atom. The molecule has 0 amide bonds. The molecule has 0 aromatic rings. The van der Waals surface area contributed by atoms with Gasteiger partial charge in [0.05, 0.1) is 26.4 Å². The molecule has 0 fully saturated rings. The van der Waals surface area contributed by atoms with Crippen molar-refractivity contribution in [2.45, 2.75) is 400 Å². The van der Waals surface area contributed by atoms with Crippen LogP contribution in [0.4, 0.5) is 0 Å². The van der Waals surface area contributed by atoms with Crippen molar-refractivity contribution in [2.24, 2.45) is 11.8 Å². The zero-order chi connectivity index (χ0) is 68.6. The Morgan fingerprint density at radius 3 is 0.817 bits per heavy atom. The Bertz CT molecular complexity index is 1810. The van der Waals surface area contributed by atoms with Crippen molar-refractivity contribution in [1.29, 1.82) is 0 Å². The van der Waals surface area contributed by atoms with E-state index in [2.05, 4.69) is 41.5 Å². The maximum atomic E-state index is 13.1. The van der Waals surface area contributed by atoms with Gasteiger partial charge in [0.2, 0.25) is 0 Å². The first kappa shape index (κ1) is 91.1. The molecule has 6 atom stereocenters. The number of carbonyl (C=O) groups is 4. The summed E-state index contributed by atoms with van der Waals surface area (Å²) in [5, 5.41) is 10.6. The summed E-state index contributed by atoms with van der Waals surface area (Å²) in [7, 11) is -9.90. The van der Waals surface area contributed by atoms with E-state index in [0.29, 0.717) is 25.7 Å². The third-order valence-electron chi connectivity index (χ3n) is 17.6. The number of aliphatic hydroxyl groups excluding tert-OH is 1. The lowest BCUT2D eigenvalue weighted by molar-refractivity contribution is -0.161. The molecule has 19 heteroatoms. The first-order valence-corrected chi connectivity index (χ1v) is 41.5. The van der Waals surface area contributed by atoms with Crippen LogP contribution in [0, 0.1) is 11.8 Å². The summed E-state index contributed by atoms with van der Waals surface area (Å²) >= 11 is 0. The van der Waals surface area contributed by atoms with Gasteiger partial charge in [-0.25, -0.2) is 9.13 Å². The molecule has 0 saturated heterocycles. The Balaban J connectivity index is 5.20. The molecule has 0 bridgehead atoms. The summed E-state index contributed by atoms with van der Waals surface area (Å²) in [5.74, 6) is -0.493. The van der Waals surface area contributed by atoms with Crippen LogP contribution in [0.1, 0.15) is 382 Å². The van der Waals surface area contributed by atoms with Crippen LogP contribution in [-0.4, -0.2) is 96.7 Å². The number of carbonyl (C=O) groups excluding carboxylic acids is 4. The number of rotatable bonds is 73. The molecule has 0 rings (SSSR count). The minimum absolute atomic E-state index is 0.107. The van der Waals surface area contributed by atoms with Gasteiger partial charge in [-0.05, 0) is 37.5 Å². The second kappa shape index (κ2) is 66.0. The number of phosphoric ester groups is 2. The van der Waals surface area contributed by atoms with Gasteiger partial charge in [0.15, 0.2) is 12.2 Å². The number of ether oxygens (including phenoxy) is 4. The highest BCUT2D eigenvalue weighted by atomic mass is 31.2. The smallest absolute Gasteiger partial charge is 0.462 e. The molecular weight excluding hydrogens is 1220 g/mol. The maximum absolute atomic E-state index is 13.1. The Hall–Kier alpha value is -1.94. The standard InChI is InChI=1S/C74H144O17P2/c1-7-10-12-14-16-17-18-21-29-34-40-46-52-58-73(78)90-69(62-84-71(76)56-50-44-36-15-13-11-8-2)64-88-92(80,81)86-60-68(75)61-87-93(82,83)89-65-70(63-85-72(77)57-51-45-39-33-28-25-24-26-31-37-42-48-54-66(4)5)91-74(79)59-53-47-41-35-30-23-20-19-22-27-32-38-43-49-55-67(6)9-3/h66-70,75H,7-65H2,1-6H3,(H,80,81)(H,82,83)/t67?,68-,69+,70+/m0/s1. The maximum Gasteiger partial charge on any atom is 0.472 e. The van der Waals surface area contributed by atoms with Gasteiger partial charge in [0, 0.05) is 25.7 Å². The predicted molar refractivity (Wildman–Crippen MR) is 377 cm³/mol. The van der Waals surface area contributed by atoms with Crippen LogP contribution in [0.25, 0.3) is 0 Å². The topological polar surface area (TPSA) is 237 Å². The highest BCUT2D eigenvalue weighted by Crippen LogP contribution is 2.45. The van der Waals surface area contributed by atoms with E-state index in [0.717, 1.165) is 115 Å². The second-order valence-electron chi connectivity index (χ2n) is 27.4. The monoisotopic (exact) mass is 1370 g/mol. The molecule has 0 aliphatic carbocycles. The lowest BCUT2D eigenvalue weighted by Gasteiger charge is -2.21. The average molecular weight is 1370 g/mol. The highest BCUT2D eigenvalue weighted by Gasteiger charge is 2.30. The fourth-order valence-electron chi connectivity index (χ4n) is 11.3. The van der Waals surface area contributed by atoms with Gasteiger partial charge >= 0.3 is 39.5 Å². The Kier molecular flexibility index (Phi) is 64.6. The molecular formula is C74H144O17P2. The SMILES string of the molecule is CCCCCCCCCCCCCCCC(=O)O[C@H](COC(=O)CCCCCCCCC)COP(=O)(O)OC[C@H](O)COP(=O)(O)OC[C@@H](COC(=O)CCCCCCCCCCCCCCC(C)C)OC(=O)CCCCCCCCCCCCCCCCC(C)CC. The first-order chi connectivity index (χ1) is 44.9. The molecule has 17 nitrogen and oxygen atoms in total. The van der Waals surface area contributed by atoms with Crippen LogP contribution in [0.3, 0.4) is 0 Å². The van der Waals surface area contributed by atoms with Crippen LogP contribution in [-0.2, 0) is 65.4 Å². The van der Waals surface area contributed by atoms with E-state index in [-0.39, 0.29) is 25.7 Å². The fourth-order valence-corrected chi connectivity index (χ4v) is 12.8. The van der Waals surface area contributed by atoms with Crippen molar-refractivity contribution in [3.63, 3.8) is 0 Å². The Morgan fingerprint density at radius 2 is 0.548 bits per heavy atom. The van der Waals surface area contributed by atoms with E-state index in [1.54, 1.807) is 0 Å². The second-order valence-corrected chi connectivity index (χ2v) is 30.3. The summed E-state index contributed by atoms with van der Waals surface area (Å²) in [6, 6.07) is 0. The van der Waals surface area contributed by atoms with Gasteiger partial charge in [-0.1, -0.05) is 330 Å². The summed E-state index contributed by atoms with van der Waals surface area (Å²) in [4.78, 5) is 72.6. The van der Waals surface area contributed by atoms with Crippen LogP contribution < -0.4 is 0 Å². The summed E-state index contributed by atoms with van der Waals surface area (Å²) < 4.78 is 68.4. The van der Waals surface area contributed by atoms with Gasteiger partial charge in [0.25, 0.3) is 0 Å². The van der Waals surface area contributed by atoms with E-state index in [1.165, 1.54) is 186 Å². The lowest BCUT2D eigenvalue weighted by atomic mass is 9.99. The van der Waals surface area contributed by atoms with Crippen LogP contribution in [0.15, 0.2) is 0 Å². The van der Waals surface area contributed by atoms with Crippen molar-refractivity contribution >= 4 is 39.5 Å². The minimum atomic E-state index is -4.95.